The van der Waals surface area contributed by atoms with Gasteiger partial charge in [-0.2, -0.15) is 0 Å². The van der Waals surface area contributed by atoms with Crippen molar-refractivity contribution in [1.82, 2.24) is 0 Å². The van der Waals surface area contributed by atoms with E-state index in [4.69, 9.17) is 10.5 Å². The molecular weight excluding hydrogens is 377 g/mol. The average Bonchev–Trinajstić information content (AvgIpc) is 2.36. The number of nitrogens with two attached hydrogens (primary N) is 1. The van der Waals surface area contributed by atoms with E-state index in [0.717, 1.165) is 15.8 Å². The second kappa shape index (κ2) is 6.03. The quantitative estimate of drug-likeness (QED) is 0.845. The molecule has 0 bridgehead atoms. The molecule has 0 radical (unpaired) electrons. The van der Waals surface area contributed by atoms with Crippen LogP contribution in [-0.4, -0.2) is 7.11 Å². The Balaban J connectivity index is 2.38. The molecule has 0 aliphatic heterocycles. The van der Waals surface area contributed by atoms with Gasteiger partial charge in [0.2, 0.25) is 0 Å². The van der Waals surface area contributed by atoms with Crippen molar-refractivity contribution in [2.75, 3.05) is 7.11 Å². The predicted octanol–water partition coefficient (Wildman–Crippen LogP) is 4.41. The first-order valence-electron chi connectivity index (χ1n) is 5.56. The standard InChI is InChI=1S/C14H12Br2FNO/c1-19-13-3-2-8(6-12(13)16)14(18)9-4-10(15)7-11(17)5-9/h2-7,14H,18H2,1H3. The number of methoxy groups -OCH3 is 1. The van der Waals surface area contributed by atoms with Crippen LogP contribution in [0.5, 0.6) is 5.75 Å². The maximum atomic E-state index is 13.4. The van der Waals surface area contributed by atoms with Gasteiger partial charge in [-0.15, -0.1) is 0 Å². The molecule has 0 fully saturated rings. The first-order chi connectivity index (χ1) is 9.01. The normalized spacial score (nSPS) is 12.3. The van der Waals surface area contributed by atoms with E-state index in [-0.39, 0.29) is 5.82 Å². The first kappa shape index (κ1) is 14.5. The van der Waals surface area contributed by atoms with Crippen molar-refractivity contribution in [3.05, 3.63) is 62.3 Å². The third kappa shape index (κ3) is 3.35. The van der Waals surface area contributed by atoms with Crippen LogP contribution < -0.4 is 10.5 Å². The van der Waals surface area contributed by atoms with Gasteiger partial charge in [-0.25, -0.2) is 4.39 Å². The largest absolute Gasteiger partial charge is 0.496 e. The predicted molar refractivity (Wildman–Crippen MR) is 80.8 cm³/mol. The minimum Gasteiger partial charge on any atom is -0.496 e. The second-order valence-electron chi connectivity index (χ2n) is 4.07. The topological polar surface area (TPSA) is 35.2 Å². The van der Waals surface area contributed by atoms with Crippen LogP contribution in [0.15, 0.2) is 45.3 Å². The summed E-state index contributed by atoms with van der Waals surface area (Å²) in [7, 11) is 1.60. The molecule has 0 amide bonds. The third-order valence-electron chi connectivity index (χ3n) is 2.78. The van der Waals surface area contributed by atoms with Crippen LogP contribution in [0.25, 0.3) is 0 Å². The Bertz CT molecular complexity index is 584. The van der Waals surface area contributed by atoms with Gasteiger partial charge in [0.15, 0.2) is 0 Å². The minimum atomic E-state index is -0.394. The van der Waals surface area contributed by atoms with Gasteiger partial charge in [-0.05, 0) is 57.4 Å². The summed E-state index contributed by atoms with van der Waals surface area (Å²) in [6.45, 7) is 0. The van der Waals surface area contributed by atoms with E-state index >= 15 is 0 Å². The van der Waals surface area contributed by atoms with E-state index in [1.165, 1.54) is 12.1 Å². The molecule has 2 N–H and O–H groups in total. The van der Waals surface area contributed by atoms with Crippen molar-refractivity contribution in [1.29, 1.82) is 0 Å². The van der Waals surface area contributed by atoms with E-state index in [1.54, 1.807) is 7.11 Å². The van der Waals surface area contributed by atoms with E-state index in [1.807, 2.05) is 24.3 Å². The monoisotopic (exact) mass is 387 g/mol. The van der Waals surface area contributed by atoms with E-state index in [2.05, 4.69) is 31.9 Å². The summed E-state index contributed by atoms with van der Waals surface area (Å²) in [5, 5.41) is 0. The molecule has 1 atom stereocenters. The van der Waals surface area contributed by atoms with Crippen molar-refractivity contribution in [2.45, 2.75) is 6.04 Å². The molecule has 0 heterocycles. The Morgan fingerprint density at radius 2 is 1.84 bits per heavy atom. The zero-order valence-corrected chi connectivity index (χ0v) is 13.3. The summed E-state index contributed by atoms with van der Waals surface area (Å²) < 4.78 is 20.0. The van der Waals surface area contributed by atoms with Crippen molar-refractivity contribution in [2.24, 2.45) is 5.73 Å². The van der Waals surface area contributed by atoms with Crippen molar-refractivity contribution < 1.29 is 9.13 Å². The number of rotatable bonds is 3. The van der Waals surface area contributed by atoms with Gasteiger partial charge >= 0.3 is 0 Å². The van der Waals surface area contributed by atoms with Gasteiger partial charge < -0.3 is 10.5 Å². The summed E-state index contributed by atoms with van der Waals surface area (Å²) in [4.78, 5) is 0. The van der Waals surface area contributed by atoms with Crippen molar-refractivity contribution in [3.8, 4) is 5.75 Å². The van der Waals surface area contributed by atoms with E-state index in [9.17, 15) is 4.39 Å². The molecule has 2 aromatic rings. The molecule has 5 heteroatoms. The Labute approximate surface area is 128 Å². The molecule has 0 aliphatic carbocycles. The zero-order valence-electron chi connectivity index (χ0n) is 10.2. The van der Waals surface area contributed by atoms with Crippen LogP contribution in [0, 0.1) is 5.82 Å². The summed E-state index contributed by atoms with van der Waals surface area (Å²) in [6.07, 6.45) is 0. The minimum absolute atomic E-state index is 0.313. The van der Waals surface area contributed by atoms with Crippen LogP contribution >= 0.6 is 31.9 Å². The summed E-state index contributed by atoms with van der Waals surface area (Å²) in [5.74, 6) is 0.420. The maximum Gasteiger partial charge on any atom is 0.133 e. The highest BCUT2D eigenvalue weighted by Crippen LogP contribution is 2.30. The fourth-order valence-corrected chi connectivity index (χ4v) is 2.86. The van der Waals surface area contributed by atoms with Gasteiger partial charge in [0.25, 0.3) is 0 Å². The Hall–Kier alpha value is -0.910. The molecule has 19 heavy (non-hydrogen) atoms. The summed E-state index contributed by atoms with van der Waals surface area (Å²) in [6, 6.07) is 9.83. The molecule has 2 aromatic carbocycles. The second-order valence-corrected chi connectivity index (χ2v) is 5.84. The lowest BCUT2D eigenvalue weighted by Gasteiger charge is -2.14. The number of hydrogen-bond acceptors (Lipinski definition) is 2. The van der Waals surface area contributed by atoms with Crippen LogP contribution in [0.3, 0.4) is 0 Å². The molecule has 0 saturated carbocycles. The highest BCUT2D eigenvalue weighted by molar-refractivity contribution is 9.10. The third-order valence-corrected chi connectivity index (χ3v) is 3.86. The average molecular weight is 389 g/mol. The Kier molecular flexibility index (Phi) is 4.60. The van der Waals surface area contributed by atoms with Crippen LogP contribution in [0.4, 0.5) is 4.39 Å². The SMILES string of the molecule is COc1ccc(C(N)c2cc(F)cc(Br)c2)cc1Br. The zero-order chi connectivity index (χ0) is 14.0. The number of benzene rings is 2. The molecule has 2 rings (SSSR count). The van der Waals surface area contributed by atoms with Crippen molar-refractivity contribution in [3.63, 3.8) is 0 Å². The smallest absolute Gasteiger partial charge is 0.133 e. The lowest BCUT2D eigenvalue weighted by atomic mass is 9.99. The lowest BCUT2D eigenvalue weighted by molar-refractivity contribution is 0.412. The molecule has 0 aliphatic rings. The van der Waals surface area contributed by atoms with E-state index < -0.39 is 6.04 Å². The molecule has 0 spiro atoms. The lowest BCUT2D eigenvalue weighted by Crippen LogP contribution is -2.12. The molecule has 1 unspecified atom stereocenters. The van der Waals surface area contributed by atoms with Crippen LogP contribution in [0.2, 0.25) is 0 Å². The molecule has 0 saturated heterocycles. The van der Waals surface area contributed by atoms with Crippen molar-refractivity contribution >= 4 is 31.9 Å². The van der Waals surface area contributed by atoms with Gasteiger partial charge in [0.1, 0.15) is 11.6 Å². The highest BCUT2D eigenvalue weighted by atomic mass is 79.9. The number of hydrogen-bond donors (Lipinski definition) is 1. The molecular formula is C14H12Br2FNO. The number of ether oxygens (including phenoxy) is 1. The molecule has 0 aromatic heterocycles. The Morgan fingerprint density at radius 3 is 2.42 bits per heavy atom. The van der Waals surface area contributed by atoms with Gasteiger partial charge in [-0.1, -0.05) is 22.0 Å². The maximum absolute atomic E-state index is 13.4. The van der Waals surface area contributed by atoms with Gasteiger partial charge in [0, 0.05) is 4.47 Å². The highest BCUT2D eigenvalue weighted by Gasteiger charge is 2.12. The fourth-order valence-electron chi connectivity index (χ4n) is 1.82. The van der Waals surface area contributed by atoms with Crippen LogP contribution in [0.1, 0.15) is 17.2 Å². The number of halogens is 3. The summed E-state index contributed by atoms with van der Waals surface area (Å²) >= 11 is 6.68. The van der Waals surface area contributed by atoms with E-state index in [0.29, 0.717) is 10.0 Å². The Morgan fingerprint density at radius 1 is 1.11 bits per heavy atom. The molecule has 100 valence electrons. The fraction of sp³-hybridized carbons (Fsp3) is 0.143. The summed E-state index contributed by atoms with van der Waals surface area (Å²) in [5.41, 5.74) is 7.76. The van der Waals surface area contributed by atoms with Gasteiger partial charge in [0.05, 0.1) is 17.6 Å². The van der Waals surface area contributed by atoms with Crippen LogP contribution in [-0.2, 0) is 0 Å². The van der Waals surface area contributed by atoms with Gasteiger partial charge in [-0.3, -0.25) is 0 Å². The first-order valence-corrected chi connectivity index (χ1v) is 7.15. The molecule has 2 nitrogen and oxygen atoms in total.